The van der Waals surface area contributed by atoms with Crippen molar-refractivity contribution in [1.82, 2.24) is 4.90 Å². The fourth-order valence-corrected chi connectivity index (χ4v) is 4.35. The van der Waals surface area contributed by atoms with Gasteiger partial charge in [-0.05, 0) is 47.0 Å². The normalized spacial score (nSPS) is 16.2. The molecular weight excluding hydrogens is 424 g/mol. The van der Waals surface area contributed by atoms with Crippen LogP contribution < -0.4 is 4.74 Å². The lowest BCUT2D eigenvalue weighted by molar-refractivity contribution is 0.0322. The summed E-state index contributed by atoms with van der Waals surface area (Å²) in [4.78, 5) is 15.8. The van der Waals surface area contributed by atoms with Gasteiger partial charge in [-0.3, -0.25) is 9.69 Å². The van der Waals surface area contributed by atoms with Crippen molar-refractivity contribution in [2.75, 3.05) is 39.5 Å². The summed E-state index contributed by atoms with van der Waals surface area (Å²) in [5.74, 6) is -1.55. The molecule has 33 heavy (non-hydrogen) atoms. The Balaban J connectivity index is 1.47. The van der Waals surface area contributed by atoms with Gasteiger partial charge in [-0.15, -0.1) is 0 Å². The monoisotopic (exact) mass is 447 g/mol. The van der Waals surface area contributed by atoms with Crippen LogP contribution in [-0.4, -0.2) is 50.1 Å². The Labute approximate surface area is 191 Å². The highest BCUT2D eigenvalue weighted by Gasteiger charge is 2.32. The van der Waals surface area contributed by atoms with E-state index < -0.39 is 11.6 Å². The predicted octanol–water partition coefficient (Wildman–Crippen LogP) is 4.83. The van der Waals surface area contributed by atoms with E-state index in [0.29, 0.717) is 34.6 Å². The molecule has 168 valence electrons. The molecule has 0 radical (unpaired) electrons. The smallest absolute Gasteiger partial charge is 0.195 e. The maximum Gasteiger partial charge on any atom is 0.195 e. The molecule has 1 heterocycles. The van der Waals surface area contributed by atoms with Crippen LogP contribution in [0.3, 0.4) is 0 Å². The van der Waals surface area contributed by atoms with Gasteiger partial charge in [0.05, 0.1) is 13.2 Å². The number of ether oxygens (including phenoxy) is 2. The van der Waals surface area contributed by atoms with E-state index >= 15 is 0 Å². The molecule has 6 heteroatoms. The molecule has 1 fully saturated rings. The molecule has 0 amide bonds. The highest BCUT2D eigenvalue weighted by Crippen LogP contribution is 2.43. The lowest BCUT2D eigenvalue weighted by atomic mass is 9.94. The van der Waals surface area contributed by atoms with Crippen LogP contribution >= 0.6 is 0 Å². The number of rotatable bonds is 6. The van der Waals surface area contributed by atoms with Crippen molar-refractivity contribution in [2.24, 2.45) is 0 Å². The zero-order valence-electron chi connectivity index (χ0n) is 18.0. The maximum absolute atomic E-state index is 14.0. The van der Waals surface area contributed by atoms with Gasteiger partial charge in [-0.25, -0.2) is 8.78 Å². The van der Waals surface area contributed by atoms with E-state index in [0.717, 1.165) is 56.1 Å². The van der Waals surface area contributed by atoms with Gasteiger partial charge in [-0.1, -0.05) is 36.4 Å². The topological polar surface area (TPSA) is 38.8 Å². The van der Waals surface area contributed by atoms with E-state index in [1.807, 2.05) is 42.5 Å². The Morgan fingerprint density at radius 2 is 1.61 bits per heavy atom. The van der Waals surface area contributed by atoms with E-state index in [2.05, 4.69) is 4.90 Å². The van der Waals surface area contributed by atoms with Crippen molar-refractivity contribution >= 4 is 16.9 Å². The van der Waals surface area contributed by atoms with E-state index in [1.54, 1.807) is 6.07 Å². The summed E-state index contributed by atoms with van der Waals surface area (Å²) in [5, 5.41) is 0. The predicted molar refractivity (Wildman–Crippen MR) is 122 cm³/mol. The minimum absolute atomic E-state index is 0.228. The molecule has 0 bridgehead atoms. The van der Waals surface area contributed by atoms with Gasteiger partial charge in [0.15, 0.2) is 17.4 Å². The Morgan fingerprint density at radius 3 is 2.36 bits per heavy atom. The number of allylic oxidation sites excluding steroid dienone is 1. The highest BCUT2D eigenvalue weighted by atomic mass is 19.2. The van der Waals surface area contributed by atoms with Crippen LogP contribution in [0.1, 0.15) is 27.0 Å². The molecule has 2 aliphatic rings. The molecule has 3 aromatic carbocycles. The summed E-state index contributed by atoms with van der Waals surface area (Å²) < 4.78 is 38.9. The summed E-state index contributed by atoms with van der Waals surface area (Å²) in [6.07, 6.45) is 0. The van der Waals surface area contributed by atoms with Crippen molar-refractivity contribution in [1.29, 1.82) is 0 Å². The molecule has 0 atom stereocenters. The van der Waals surface area contributed by atoms with Gasteiger partial charge in [0.25, 0.3) is 0 Å². The van der Waals surface area contributed by atoms with Crippen molar-refractivity contribution in [3.8, 4) is 5.75 Å². The summed E-state index contributed by atoms with van der Waals surface area (Å²) in [6.45, 7) is 4.51. The molecule has 1 aliphatic heterocycles. The van der Waals surface area contributed by atoms with Crippen LogP contribution in [0.25, 0.3) is 11.1 Å². The molecular formula is C27H23F2NO3. The van der Waals surface area contributed by atoms with Gasteiger partial charge < -0.3 is 9.47 Å². The molecule has 0 aromatic heterocycles. The third-order valence-electron chi connectivity index (χ3n) is 6.03. The summed E-state index contributed by atoms with van der Waals surface area (Å²) >= 11 is 0. The molecule has 0 spiro atoms. The Kier molecular flexibility index (Phi) is 6.03. The average Bonchev–Trinajstić information content (AvgIpc) is 3.14. The van der Waals surface area contributed by atoms with Gasteiger partial charge in [0.1, 0.15) is 12.4 Å². The number of halogens is 2. The fraction of sp³-hybridized carbons (Fsp3) is 0.222. The number of morpholine rings is 1. The van der Waals surface area contributed by atoms with Gasteiger partial charge in [0.2, 0.25) is 0 Å². The zero-order chi connectivity index (χ0) is 22.8. The second-order valence-corrected chi connectivity index (χ2v) is 8.08. The number of benzene rings is 3. The number of carbonyl (C=O) groups is 1. The second kappa shape index (κ2) is 9.25. The largest absolute Gasteiger partial charge is 0.492 e. The lowest BCUT2D eigenvalue weighted by Gasteiger charge is -2.26. The van der Waals surface area contributed by atoms with Crippen molar-refractivity contribution in [3.05, 3.63) is 101 Å². The zero-order valence-corrected chi connectivity index (χ0v) is 18.0. The number of nitrogens with zero attached hydrogens (tertiary/aromatic N) is 1. The molecule has 1 aliphatic carbocycles. The molecule has 5 rings (SSSR count). The van der Waals surface area contributed by atoms with E-state index in [4.69, 9.17) is 9.47 Å². The molecule has 0 unspecified atom stereocenters. The first-order chi connectivity index (χ1) is 16.1. The summed E-state index contributed by atoms with van der Waals surface area (Å²) in [5.41, 5.74) is 3.51. The molecule has 3 aromatic rings. The first-order valence-corrected chi connectivity index (χ1v) is 11.0. The Hall–Kier alpha value is -3.35. The summed E-state index contributed by atoms with van der Waals surface area (Å²) in [6, 6.07) is 18.5. The standard InChI is InChI=1S/C27H23F2NO3/c28-23-9-6-19(16-24(23)29)26-25(18-4-2-1-3-5-18)21-8-7-20(17-22(21)27(26)31)33-15-12-30-10-13-32-14-11-30/h1-9,16-17H,10-15H2. The number of hydrogen-bond donors (Lipinski definition) is 0. The van der Waals surface area contributed by atoms with Gasteiger partial charge >= 0.3 is 0 Å². The minimum Gasteiger partial charge on any atom is -0.492 e. The molecule has 1 saturated heterocycles. The maximum atomic E-state index is 14.0. The van der Waals surface area contributed by atoms with Crippen LogP contribution in [0.5, 0.6) is 5.75 Å². The quantitative estimate of drug-likeness (QED) is 0.543. The van der Waals surface area contributed by atoms with Gasteiger partial charge in [-0.2, -0.15) is 0 Å². The number of fused-ring (bicyclic) bond motifs is 1. The summed E-state index contributed by atoms with van der Waals surface area (Å²) in [7, 11) is 0. The highest BCUT2D eigenvalue weighted by molar-refractivity contribution is 6.41. The van der Waals surface area contributed by atoms with E-state index in [1.165, 1.54) is 6.07 Å². The SMILES string of the molecule is O=C1C(c2ccc(F)c(F)c2)=C(c2ccccc2)c2ccc(OCCN3CCOCC3)cc21. The van der Waals surface area contributed by atoms with Crippen LogP contribution in [0.2, 0.25) is 0 Å². The molecule has 0 N–H and O–H groups in total. The molecule has 0 saturated carbocycles. The van der Waals surface area contributed by atoms with E-state index in [-0.39, 0.29) is 5.78 Å². The van der Waals surface area contributed by atoms with Crippen LogP contribution in [0.4, 0.5) is 8.78 Å². The second-order valence-electron chi connectivity index (χ2n) is 8.08. The first kappa shape index (κ1) is 21.5. The number of Topliss-reactive ketones (excluding diaryl/α,β-unsaturated/α-hetero) is 1. The minimum atomic E-state index is -0.983. The van der Waals surface area contributed by atoms with Crippen molar-refractivity contribution < 1.29 is 23.0 Å². The lowest BCUT2D eigenvalue weighted by Crippen LogP contribution is -2.38. The third kappa shape index (κ3) is 4.32. The van der Waals surface area contributed by atoms with Crippen LogP contribution in [0, 0.1) is 11.6 Å². The number of carbonyl (C=O) groups excluding carboxylic acids is 1. The fourth-order valence-electron chi connectivity index (χ4n) is 4.35. The van der Waals surface area contributed by atoms with Crippen LogP contribution in [-0.2, 0) is 4.74 Å². The molecule has 4 nitrogen and oxygen atoms in total. The van der Waals surface area contributed by atoms with Crippen molar-refractivity contribution in [2.45, 2.75) is 0 Å². The van der Waals surface area contributed by atoms with Crippen molar-refractivity contribution in [3.63, 3.8) is 0 Å². The van der Waals surface area contributed by atoms with Gasteiger partial charge in [0, 0.05) is 36.3 Å². The number of ketones is 1. The third-order valence-corrected chi connectivity index (χ3v) is 6.03. The Bertz CT molecular complexity index is 1220. The van der Waals surface area contributed by atoms with E-state index in [9.17, 15) is 13.6 Å². The first-order valence-electron chi connectivity index (χ1n) is 11.0. The average molecular weight is 447 g/mol. The number of hydrogen-bond acceptors (Lipinski definition) is 4. The van der Waals surface area contributed by atoms with Crippen LogP contribution in [0.15, 0.2) is 66.7 Å². The Morgan fingerprint density at radius 1 is 0.818 bits per heavy atom.